The number of carbonyl (C=O) groups is 2. The van der Waals surface area contributed by atoms with Gasteiger partial charge in [-0.2, -0.15) is 0 Å². The van der Waals surface area contributed by atoms with Crippen LogP contribution in [0.15, 0.2) is 30.3 Å². The van der Waals surface area contributed by atoms with Gasteiger partial charge in [-0.25, -0.2) is 0 Å². The number of nitrogens with two attached hydrogens (primary N) is 1. The summed E-state index contributed by atoms with van der Waals surface area (Å²) in [5, 5.41) is 0. The molecular weight excluding hydrogens is 244 g/mol. The summed E-state index contributed by atoms with van der Waals surface area (Å²) < 4.78 is 4.63. The Labute approximate surface area is 113 Å². The van der Waals surface area contributed by atoms with Crippen molar-refractivity contribution in [2.45, 2.75) is 25.9 Å². The predicted molar refractivity (Wildman–Crippen MR) is 72.1 cm³/mol. The van der Waals surface area contributed by atoms with E-state index in [1.54, 1.807) is 4.90 Å². The molecule has 0 fully saturated rings. The van der Waals surface area contributed by atoms with E-state index in [2.05, 4.69) is 4.74 Å². The zero-order valence-corrected chi connectivity index (χ0v) is 11.3. The van der Waals surface area contributed by atoms with Gasteiger partial charge in [-0.15, -0.1) is 0 Å². The highest BCUT2D eigenvalue weighted by Crippen LogP contribution is 2.11. The first kappa shape index (κ1) is 15.2. The molecule has 0 bridgehead atoms. The molecule has 5 heteroatoms. The van der Waals surface area contributed by atoms with Gasteiger partial charge in [0.1, 0.15) is 0 Å². The van der Waals surface area contributed by atoms with E-state index in [0.717, 1.165) is 5.56 Å². The maximum absolute atomic E-state index is 11.9. The van der Waals surface area contributed by atoms with Crippen LogP contribution in [0.25, 0.3) is 0 Å². The van der Waals surface area contributed by atoms with Crippen molar-refractivity contribution in [1.82, 2.24) is 4.90 Å². The van der Waals surface area contributed by atoms with E-state index in [9.17, 15) is 9.59 Å². The molecule has 0 aliphatic rings. The number of rotatable bonds is 6. The number of carbonyl (C=O) groups excluding carboxylic acids is 2. The molecule has 1 rings (SSSR count). The summed E-state index contributed by atoms with van der Waals surface area (Å²) in [4.78, 5) is 24.8. The SMILES string of the molecule is COC(=O)CC(C)N(Cc1ccccc1)C(=O)CN. The Morgan fingerprint density at radius 3 is 2.47 bits per heavy atom. The van der Waals surface area contributed by atoms with E-state index in [4.69, 9.17) is 5.73 Å². The second kappa shape index (κ2) is 7.53. The Morgan fingerprint density at radius 1 is 1.32 bits per heavy atom. The number of nitrogens with zero attached hydrogens (tertiary/aromatic N) is 1. The average Bonchev–Trinajstić information content (AvgIpc) is 2.44. The smallest absolute Gasteiger partial charge is 0.307 e. The second-order valence-electron chi connectivity index (χ2n) is 4.34. The number of methoxy groups -OCH3 is 1. The lowest BCUT2D eigenvalue weighted by molar-refractivity contribution is -0.143. The van der Waals surface area contributed by atoms with E-state index in [-0.39, 0.29) is 30.9 Å². The monoisotopic (exact) mass is 264 g/mol. The van der Waals surface area contributed by atoms with Gasteiger partial charge in [0.05, 0.1) is 20.1 Å². The van der Waals surface area contributed by atoms with E-state index in [0.29, 0.717) is 6.54 Å². The highest BCUT2D eigenvalue weighted by molar-refractivity contribution is 5.79. The van der Waals surface area contributed by atoms with Crippen molar-refractivity contribution in [3.05, 3.63) is 35.9 Å². The molecule has 1 amide bonds. The summed E-state index contributed by atoms with van der Waals surface area (Å²) in [5.74, 6) is -0.518. The third-order valence-electron chi connectivity index (χ3n) is 2.91. The normalized spacial score (nSPS) is 11.7. The number of amides is 1. The Morgan fingerprint density at radius 2 is 1.95 bits per heavy atom. The van der Waals surface area contributed by atoms with Crippen LogP contribution >= 0.6 is 0 Å². The number of benzene rings is 1. The zero-order valence-electron chi connectivity index (χ0n) is 11.3. The fourth-order valence-electron chi connectivity index (χ4n) is 1.82. The van der Waals surface area contributed by atoms with Crippen molar-refractivity contribution in [3.8, 4) is 0 Å². The minimum atomic E-state index is -0.338. The molecule has 0 aromatic heterocycles. The fourth-order valence-corrected chi connectivity index (χ4v) is 1.82. The van der Waals surface area contributed by atoms with E-state index >= 15 is 0 Å². The molecule has 5 nitrogen and oxygen atoms in total. The summed E-state index contributed by atoms with van der Waals surface area (Å²) in [6.07, 6.45) is 0.162. The maximum Gasteiger partial charge on any atom is 0.307 e. The molecule has 1 atom stereocenters. The van der Waals surface area contributed by atoms with Crippen LogP contribution < -0.4 is 5.73 Å². The van der Waals surface area contributed by atoms with Gasteiger partial charge in [0.15, 0.2) is 0 Å². The Balaban J connectivity index is 2.77. The lowest BCUT2D eigenvalue weighted by Gasteiger charge is -2.28. The first-order chi connectivity index (χ1) is 9.08. The minimum Gasteiger partial charge on any atom is -0.469 e. The molecule has 104 valence electrons. The third-order valence-corrected chi connectivity index (χ3v) is 2.91. The molecule has 19 heavy (non-hydrogen) atoms. The van der Waals surface area contributed by atoms with Gasteiger partial charge in [-0.05, 0) is 12.5 Å². The van der Waals surface area contributed by atoms with Crippen molar-refractivity contribution in [1.29, 1.82) is 0 Å². The van der Waals surface area contributed by atoms with Gasteiger partial charge in [-0.3, -0.25) is 9.59 Å². The van der Waals surface area contributed by atoms with Crippen molar-refractivity contribution < 1.29 is 14.3 Å². The third kappa shape index (κ3) is 4.71. The molecule has 0 aliphatic carbocycles. The summed E-state index contributed by atoms with van der Waals surface area (Å²) in [5.41, 5.74) is 6.42. The van der Waals surface area contributed by atoms with E-state index in [1.165, 1.54) is 7.11 Å². The molecule has 2 N–H and O–H groups in total. The van der Waals surface area contributed by atoms with Gasteiger partial charge in [0.25, 0.3) is 0 Å². The van der Waals surface area contributed by atoms with Gasteiger partial charge >= 0.3 is 5.97 Å². The number of esters is 1. The Bertz CT molecular complexity index is 420. The summed E-state index contributed by atoms with van der Waals surface area (Å²) in [6, 6.07) is 9.35. The molecule has 0 saturated heterocycles. The van der Waals surface area contributed by atoms with Crippen LogP contribution in [0, 0.1) is 0 Å². The lowest BCUT2D eigenvalue weighted by atomic mass is 10.1. The molecule has 0 spiro atoms. The Hall–Kier alpha value is -1.88. The van der Waals surface area contributed by atoms with Gasteiger partial charge < -0.3 is 15.4 Å². The molecule has 0 heterocycles. The van der Waals surface area contributed by atoms with Crippen LogP contribution in [0.4, 0.5) is 0 Å². The van der Waals surface area contributed by atoms with Crippen molar-refractivity contribution in [2.75, 3.05) is 13.7 Å². The highest BCUT2D eigenvalue weighted by Gasteiger charge is 2.21. The maximum atomic E-state index is 11.9. The van der Waals surface area contributed by atoms with Crippen molar-refractivity contribution >= 4 is 11.9 Å². The molecular formula is C14H20N2O3. The highest BCUT2D eigenvalue weighted by atomic mass is 16.5. The fraction of sp³-hybridized carbons (Fsp3) is 0.429. The average molecular weight is 264 g/mol. The van der Waals surface area contributed by atoms with Crippen LogP contribution in [0.2, 0.25) is 0 Å². The number of ether oxygens (including phenoxy) is 1. The topological polar surface area (TPSA) is 72.6 Å². The zero-order chi connectivity index (χ0) is 14.3. The molecule has 0 aliphatic heterocycles. The van der Waals surface area contributed by atoms with E-state index < -0.39 is 0 Å². The predicted octanol–water partition coefficient (Wildman–Crippen LogP) is 0.925. The van der Waals surface area contributed by atoms with Gasteiger partial charge in [0.2, 0.25) is 5.91 Å². The summed E-state index contributed by atoms with van der Waals surface area (Å²) in [6.45, 7) is 2.18. The van der Waals surface area contributed by atoms with Crippen molar-refractivity contribution in [3.63, 3.8) is 0 Å². The largest absolute Gasteiger partial charge is 0.469 e. The molecule has 1 aromatic rings. The van der Waals surface area contributed by atoms with Crippen LogP contribution in [-0.4, -0.2) is 36.5 Å². The standard InChI is InChI=1S/C14H20N2O3/c1-11(8-14(18)19-2)16(13(17)9-15)10-12-6-4-3-5-7-12/h3-7,11H,8-10,15H2,1-2H3. The van der Waals surface area contributed by atoms with Gasteiger partial charge in [-0.1, -0.05) is 30.3 Å². The molecule has 1 unspecified atom stereocenters. The summed E-state index contributed by atoms with van der Waals surface area (Å²) >= 11 is 0. The Kier molecular flexibility index (Phi) is 6.02. The quantitative estimate of drug-likeness (QED) is 0.776. The molecule has 0 saturated carbocycles. The number of hydrogen-bond donors (Lipinski definition) is 1. The van der Waals surface area contributed by atoms with E-state index in [1.807, 2.05) is 37.3 Å². The summed E-state index contributed by atoms with van der Waals surface area (Å²) in [7, 11) is 1.33. The first-order valence-corrected chi connectivity index (χ1v) is 6.18. The van der Waals surface area contributed by atoms with Crippen LogP contribution in [0.3, 0.4) is 0 Å². The molecule has 0 radical (unpaired) electrons. The number of hydrogen-bond acceptors (Lipinski definition) is 4. The minimum absolute atomic E-state index is 0.0711. The molecule has 1 aromatic carbocycles. The van der Waals surface area contributed by atoms with Crippen LogP contribution in [0.5, 0.6) is 0 Å². The van der Waals surface area contributed by atoms with Gasteiger partial charge in [0, 0.05) is 12.6 Å². The second-order valence-corrected chi connectivity index (χ2v) is 4.34. The van der Waals surface area contributed by atoms with Crippen molar-refractivity contribution in [2.24, 2.45) is 5.73 Å². The first-order valence-electron chi connectivity index (χ1n) is 6.18. The lowest BCUT2D eigenvalue weighted by Crippen LogP contribution is -2.42. The van der Waals surface area contributed by atoms with Crippen LogP contribution in [0.1, 0.15) is 18.9 Å². The van der Waals surface area contributed by atoms with Crippen LogP contribution in [-0.2, 0) is 20.9 Å².